The Bertz CT molecular complexity index is 834. The van der Waals surface area contributed by atoms with Gasteiger partial charge in [-0.05, 0) is 42.2 Å². The van der Waals surface area contributed by atoms with E-state index < -0.39 is 0 Å². The van der Waals surface area contributed by atoms with E-state index in [4.69, 9.17) is 13.9 Å². The number of ether oxygens (including phenoxy) is 2. The first kappa shape index (κ1) is 24.1. The van der Waals surface area contributed by atoms with Crippen LogP contribution < -0.4 is 20.1 Å². The molecule has 8 heteroatoms. The maximum absolute atomic E-state index is 11.9. The second-order valence-corrected chi connectivity index (χ2v) is 7.59. The Morgan fingerprint density at radius 2 is 1.94 bits per heavy atom. The van der Waals surface area contributed by atoms with Crippen molar-refractivity contribution in [3.05, 3.63) is 47.9 Å². The molecule has 1 aromatic carbocycles. The standard InChI is InChI=1S/C23H34N4O4/c1-17(13-18-8-9-20(29-4)21(14-18)30-5)15-25-23(26-16-22(28)27(2)3)24-11-10-19-7-6-12-31-19/h6-9,12,14,17H,10-11,13,15-16H2,1-5H3,(H2,24,25,26). The number of likely N-dealkylation sites (N-methyl/N-ethyl adjacent to an activating group) is 1. The number of methoxy groups -OCH3 is 2. The van der Waals surface area contributed by atoms with E-state index >= 15 is 0 Å². The second-order valence-electron chi connectivity index (χ2n) is 7.59. The van der Waals surface area contributed by atoms with Crippen LogP contribution in [0.1, 0.15) is 18.2 Å². The maximum Gasteiger partial charge on any atom is 0.243 e. The van der Waals surface area contributed by atoms with E-state index in [1.807, 2.05) is 30.3 Å². The first-order valence-corrected chi connectivity index (χ1v) is 10.4. The number of carbonyl (C=O) groups is 1. The molecule has 1 amide bonds. The average molecular weight is 431 g/mol. The molecule has 8 nitrogen and oxygen atoms in total. The Balaban J connectivity index is 1.92. The van der Waals surface area contributed by atoms with Crippen molar-refractivity contribution in [2.75, 3.05) is 47.9 Å². The van der Waals surface area contributed by atoms with Crippen molar-refractivity contribution in [2.24, 2.45) is 10.9 Å². The highest BCUT2D eigenvalue weighted by Crippen LogP contribution is 2.28. The normalized spacial score (nSPS) is 12.2. The van der Waals surface area contributed by atoms with E-state index in [1.54, 1.807) is 34.6 Å². The summed E-state index contributed by atoms with van der Waals surface area (Å²) in [5, 5.41) is 6.62. The number of carbonyl (C=O) groups excluding carboxylic acids is 1. The Morgan fingerprint density at radius 1 is 1.16 bits per heavy atom. The van der Waals surface area contributed by atoms with Gasteiger partial charge in [0, 0.05) is 33.6 Å². The molecule has 0 aliphatic carbocycles. The summed E-state index contributed by atoms with van der Waals surface area (Å²) in [6.45, 7) is 3.61. The number of hydrogen-bond acceptors (Lipinski definition) is 5. The molecule has 2 aromatic rings. The molecule has 2 N–H and O–H groups in total. The molecule has 31 heavy (non-hydrogen) atoms. The van der Waals surface area contributed by atoms with Crippen LogP contribution in [0.25, 0.3) is 0 Å². The van der Waals surface area contributed by atoms with Gasteiger partial charge in [0.05, 0.1) is 20.5 Å². The third-order valence-corrected chi connectivity index (χ3v) is 4.77. The Kier molecular flexibility index (Phi) is 9.74. The van der Waals surface area contributed by atoms with Gasteiger partial charge in [0.2, 0.25) is 5.91 Å². The van der Waals surface area contributed by atoms with Crippen LogP contribution in [0.15, 0.2) is 46.0 Å². The molecule has 1 atom stereocenters. The smallest absolute Gasteiger partial charge is 0.243 e. The van der Waals surface area contributed by atoms with Crippen molar-refractivity contribution in [3.8, 4) is 11.5 Å². The van der Waals surface area contributed by atoms with Gasteiger partial charge in [-0.2, -0.15) is 0 Å². The van der Waals surface area contributed by atoms with Crippen molar-refractivity contribution in [1.29, 1.82) is 0 Å². The molecule has 170 valence electrons. The van der Waals surface area contributed by atoms with Gasteiger partial charge in [0.25, 0.3) is 0 Å². The number of nitrogens with zero attached hydrogens (tertiary/aromatic N) is 2. The quantitative estimate of drug-likeness (QED) is 0.420. The molecular formula is C23H34N4O4. The predicted octanol–water partition coefficient (Wildman–Crippen LogP) is 2.34. The summed E-state index contributed by atoms with van der Waals surface area (Å²) in [4.78, 5) is 17.9. The maximum atomic E-state index is 11.9. The van der Waals surface area contributed by atoms with Crippen molar-refractivity contribution < 1.29 is 18.7 Å². The van der Waals surface area contributed by atoms with Gasteiger partial charge in [-0.1, -0.05) is 13.0 Å². The van der Waals surface area contributed by atoms with Crippen LogP contribution in [0.2, 0.25) is 0 Å². The number of furan rings is 1. The largest absolute Gasteiger partial charge is 0.493 e. The predicted molar refractivity (Wildman–Crippen MR) is 122 cm³/mol. The van der Waals surface area contributed by atoms with Crippen molar-refractivity contribution in [2.45, 2.75) is 19.8 Å². The molecular weight excluding hydrogens is 396 g/mol. The van der Waals surface area contributed by atoms with E-state index in [0.717, 1.165) is 30.1 Å². The van der Waals surface area contributed by atoms with Gasteiger partial charge >= 0.3 is 0 Å². The van der Waals surface area contributed by atoms with Gasteiger partial charge in [-0.3, -0.25) is 4.79 Å². The van der Waals surface area contributed by atoms with Crippen molar-refractivity contribution in [1.82, 2.24) is 15.5 Å². The monoisotopic (exact) mass is 430 g/mol. The molecule has 0 aliphatic rings. The topological polar surface area (TPSA) is 88.3 Å². The van der Waals surface area contributed by atoms with Gasteiger partial charge < -0.3 is 29.4 Å². The lowest BCUT2D eigenvalue weighted by atomic mass is 10.0. The zero-order chi connectivity index (χ0) is 22.6. The molecule has 0 aliphatic heterocycles. The van der Waals surface area contributed by atoms with Gasteiger partial charge in [0.15, 0.2) is 17.5 Å². The summed E-state index contributed by atoms with van der Waals surface area (Å²) in [7, 11) is 6.71. The molecule has 0 saturated heterocycles. The molecule has 0 radical (unpaired) electrons. The lowest BCUT2D eigenvalue weighted by Crippen LogP contribution is -2.41. The van der Waals surface area contributed by atoms with Crippen LogP contribution in [-0.4, -0.2) is 64.7 Å². The summed E-state index contributed by atoms with van der Waals surface area (Å²) in [5.74, 6) is 3.24. The number of aliphatic imine (C=N–C) groups is 1. The van der Waals surface area contributed by atoms with Crippen molar-refractivity contribution in [3.63, 3.8) is 0 Å². The van der Waals surface area contributed by atoms with E-state index in [9.17, 15) is 4.79 Å². The lowest BCUT2D eigenvalue weighted by molar-refractivity contribution is -0.127. The summed E-state index contributed by atoms with van der Waals surface area (Å²) >= 11 is 0. The highest BCUT2D eigenvalue weighted by atomic mass is 16.5. The Morgan fingerprint density at radius 3 is 2.58 bits per heavy atom. The highest BCUT2D eigenvalue weighted by Gasteiger charge is 2.10. The van der Waals surface area contributed by atoms with Crippen LogP contribution in [0.3, 0.4) is 0 Å². The number of hydrogen-bond donors (Lipinski definition) is 2. The van der Waals surface area contributed by atoms with Crippen LogP contribution in [-0.2, 0) is 17.6 Å². The Hall–Kier alpha value is -3.16. The van der Waals surface area contributed by atoms with Crippen LogP contribution in [0, 0.1) is 5.92 Å². The minimum absolute atomic E-state index is 0.0505. The SMILES string of the molecule is COc1ccc(CC(C)CNC(=NCC(=O)N(C)C)NCCc2ccco2)cc1OC. The van der Waals surface area contributed by atoms with E-state index in [2.05, 4.69) is 22.5 Å². The Labute approximate surface area is 184 Å². The van der Waals surface area contributed by atoms with E-state index in [-0.39, 0.29) is 12.5 Å². The number of benzene rings is 1. The number of rotatable bonds is 11. The molecule has 1 unspecified atom stereocenters. The van der Waals surface area contributed by atoms with Gasteiger partial charge in [-0.25, -0.2) is 4.99 Å². The fourth-order valence-electron chi connectivity index (χ4n) is 2.97. The zero-order valence-electron chi connectivity index (χ0n) is 19.1. The van der Waals surface area contributed by atoms with E-state index in [1.165, 1.54) is 10.5 Å². The molecule has 1 aromatic heterocycles. The first-order valence-electron chi connectivity index (χ1n) is 10.4. The fourth-order valence-corrected chi connectivity index (χ4v) is 2.97. The summed E-state index contributed by atoms with van der Waals surface area (Å²) in [6, 6.07) is 9.77. The third kappa shape index (κ3) is 8.24. The number of amides is 1. The van der Waals surface area contributed by atoms with Crippen LogP contribution in [0.4, 0.5) is 0 Å². The fraction of sp³-hybridized carbons (Fsp3) is 0.478. The molecule has 0 spiro atoms. The molecule has 0 bridgehead atoms. The first-order chi connectivity index (χ1) is 14.9. The summed E-state index contributed by atoms with van der Waals surface area (Å²) in [5.41, 5.74) is 1.17. The van der Waals surface area contributed by atoms with Gasteiger partial charge in [-0.15, -0.1) is 0 Å². The van der Waals surface area contributed by atoms with E-state index in [0.29, 0.717) is 25.0 Å². The van der Waals surface area contributed by atoms with Crippen LogP contribution >= 0.6 is 0 Å². The number of guanidine groups is 1. The highest BCUT2D eigenvalue weighted by molar-refractivity contribution is 5.84. The molecule has 1 heterocycles. The summed E-state index contributed by atoms with van der Waals surface area (Å²) < 4.78 is 16.1. The molecule has 0 fully saturated rings. The number of nitrogens with one attached hydrogen (secondary N) is 2. The zero-order valence-corrected chi connectivity index (χ0v) is 19.1. The second kappa shape index (κ2) is 12.5. The summed E-state index contributed by atoms with van der Waals surface area (Å²) in [6.07, 6.45) is 3.26. The van der Waals surface area contributed by atoms with Gasteiger partial charge in [0.1, 0.15) is 12.3 Å². The van der Waals surface area contributed by atoms with Crippen molar-refractivity contribution >= 4 is 11.9 Å². The lowest BCUT2D eigenvalue weighted by Gasteiger charge is -2.17. The minimum Gasteiger partial charge on any atom is -0.493 e. The average Bonchev–Trinajstić information content (AvgIpc) is 3.28. The molecule has 0 saturated carbocycles. The van der Waals surface area contributed by atoms with Crippen LogP contribution in [0.5, 0.6) is 11.5 Å². The molecule has 2 rings (SSSR count). The third-order valence-electron chi connectivity index (χ3n) is 4.77. The minimum atomic E-state index is -0.0505.